The zero-order valence-electron chi connectivity index (χ0n) is 13.7. The summed E-state index contributed by atoms with van der Waals surface area (Å²) in [7, 11) is 0. The van der Waals surface area contributed by atoms with E-state index in [1.807, 2.05) is 55.5 Å². The van der Waals surface area contributed by atoms with Crippen LogP contribution in [0.15, 0.2) is 48.5 Å². The second-order valence-corrected chi connectivity index (χ2v) is 6.28. The minimum atomic E-state index is -0.611. The first-order valence-electron chi connectivity index (χ1n) is 8.01. The van der Waals surface area contributed by atoms with E-state index in [0.717, 1.165) is 20.8 Å². The Hall–Kier alpha value is -2.40. The van der Waals surface area contributed by atoms with E-state index in [2.05, 4.69) is 4.98 Å². The number of esters is 1. The number of aromatic nitrogens is 1. The summed E-state index contributed by atoms with van der Waals surface area (Å²) in [5, 5.41) is 0.880. The van der Waals surface area contributed by atoms with Crippen molar-refractivity contribution in [1.29, 1.82) is 0 Å². The number of nitrogens with zero attached hydrogens (tertiary/aromatic N) is 1. The van der Waals surface area contributed by atoms with Gasteiger partial charge in [0, 0.05) is 0 Å². The maximum atomic E-state index is 12.0. The summed E-state index contributed by atoms with van der Waals surface area (Å²) in [5.41, 5.74) is 1.85. The van der Waals surface area contributed by atoms with Crippen LogP contribution in [-0.2, 0) is 9.53 Å². The van der Waals surface area contributed by atoms with Gasteiger partial charge < -0.3 is 9.47 Å². The van der Waals surface area contributed by atoms with E-state index < -0.39 is 6.10 Å². The molecule has 0 saturated carbocycles. The van der Waals surface area contributed by atoms with Crippen molar-refractivity contribution in [2.75, 3.05) is 6.61 Å². The quantitative estimate of drug-likeness (QED) is 0.611. The predicted octanol–water partition coefficient (Wildman–Crippen LogP) is 4.68. The average Bonchev–Trinajstić information content (AvgIpc) is 3.04. The molecule has 0 aliphatic carbocycles. The molecule has 0 N–H and O–H groups in total. The lowest BCUT2D eigenvalue weighted by atomic mass is 10.2. The number of para-hydroxylation sites is 2. The molecule has 1 aromatic heterocycles. The Morgan fingerprint density at radius 3 is 2.62 bits per heavy atom. The van der Waals surface area contributed by atoms with Gasteiger partial charge in [0.05, 0.1) is 22.4 Å². The van der Waals surface area contributed by atoms with Gasteiger partial charge in [0.25, 0.3) is 0 Å². The molecule has 1 heterocycles. The van der Waals surface area contributed by atoms with Gasteiger partial charge in [-0.3, -0.25) is 0 Å². The van der Waals surface area contributed by atoms with E-state index in [-0.39, 0.29) is 5.97 Å². The molecule has 2 aromatic carbocycles. The highest BCUT2D eigenvalue weighted by Crippen LogP contribution is 2.36. The lowest BCUT2D eigenvalue weighted by Gasteiger charge is -2.17. The topological polar surface area (TPSA) is 48.4 Å². The molecule has 0 aliphatic rings. The third-order valence-corrected chi connectivity index (χ3v) is 4.67. The summed E-state index contributed by atoms with van der Waals surface area (Å²) in [6, 6.07) is 15.7. The van der Waals surface area contributed by atoms with Gasteiger partial charge in [-0.2, -0.15) is 0 Å². The number of carbonyl (C=O) groups is 1. The second kappa shape index (κ2) is 7.45. The first-order chi connectivity index (χ1) is 11.7. The van der Waals surface area contributed by atoms with Gasteiger partial charge in [-0.05, 0) is 37.6 Å². The molecule has 0 saturated heterocycles. The fourth-order valence-electron chi connectivity index (χ4n) is 2.42. The van der Waals surface area contributed by atoms with Crippen LogP contribution in [0.25, 0.3) is 20.8 Å². The van der Waals surface area contributed by atoms with Gasteiger partial charge in [0.1, 0.15) is 10.8 Å². The number of benzene rings is 2. The highest BCUT2D eigenvalue weighted by Gasteiger charge is 2.21. The van der Waals surface area contributed by atoms with Crippen LogP contribution >= 0.6 is 11.3 Å². The van der Waals surface area contributed by atoms with E-state index in [1.165, 1.54) is 0 Å². The number of hydrogen-bond acceptors (Lipinski definition) is 5. The zero-order chi connectivity index (χ0) is 16.9. The van der Waals surface area contributed by atoms with E-state index in [9.17, 15) is 4.79 Å². The number of thiazole rings is 1. The molecular formula is C19H19NO3S. The molecule has 0 aliphatic heterocycles. The predicted molar refractivity (Wildman–Crippen MR) is 96.4 cm³/mol. The summed E-state index contributed by atoms with van der Waals surface area (Å²) in [6.45, 7) is 4.04. The fraction of sp³-hybridized carbons (Fsp3) is 0.263. The Bertz CT molecular complexity index is 810. The van der Waals surface area contributed by atoms with Crippen molar-refractivity contribution in [3.8, 4) is 16.3 Å². The summed E-state index contributed by atoms with van der Waals surface area (Å²) in [5.74, 6) is 0.315. The third-order valence-electron chi connectivity index (χ3n) is 3.60. The maximum absolute atomic E-state index is 12.0. The van der Waals surface area contributed by atoms with Crippen LogP contribution < -0.4 is 4.74 Å². The number of rotatable bonds is 6. The molecule has 124 valence electrons. The molecule has 0 amide bonds. The summed E-state index contributed by atoms with van der Waals surface area (Å²) in [4.78, 5) is 16.7. The van der Waals surface area contributed by atoms with Crippen molar-refractivity contribution >= 4 is 27.5 Å². The van der Waals surface area contributed by atoms with E-state index in [4.69, 9.17) is 9.47 Å². The minimum Gasteiger partial charge on any atom is -0.478 e. The Morgan fingerprint density at radius 1 is 1.12 bits per heavy atom. The lowest BCUT2D eigenvalue weighted by molar-refractivity contribution is -0.151. The summed E-state index contributed by atoms with van der Waals surface area (Å²) < 4.78 is 12.2. The van der Waals surface area contributed by atoms with Crippen LogP contribution in [0.3, 0.4) is 0 Å². The van der Waals surface area contributed by atoms with Crippen molar-refractivity contribution in [3.05, 3.63) is 48.5 Å². The van der Waals surface area contributed by atoms with Crippen molar-refractivity contribution in [2.45, 2.75) is 26.4 Å². The molecule has 1 atom stereocenters. The molecule has 3 rings (SSSR count). The van der Waals surface area contributed by atoms with Crippen molar-refractivity contribution in [2.24, 2.45) is 0 Å². The highest BCUT2D eigenvalue weighted by molar-refractivity contribution is 7.21. The maximum Gasteiger partial charge on any atom is 0.347 e. The van der Waals surface area contributed by atoms with Crippen LogP contribution in [0.1, 0.15) is 20.3 Å². The number of fused-ring (bicyclic) bond motifs is 1. The molecule has 3 aromatic rings. The zero-order valence-corrected chi connectivity index (χ0v) is 14.5. The standard InChI is InChI=1S/C19H19NO3S/c1-3-15(19(21)22-4-2)23-16-11-7-5-9-13(16)18-20-14-10-6-8-12-17(14)24-18/h5-12,15H,3-4H2,1-2H3. The number of carbonyl (C=O) groups excluding carboxylic acids is 1. The van der Waals surface area contributed by atoms with Gasteiger partial charge >= 0.3 is 5.97 Å². The van der Waals surface area contributed by atoms with Crippen molar-refractivity contribution in [3.63, 3.8) is 0 Å². The number of ether oxygens (including phenoxy) is 2. The third kappa shape index (κ3) is 3.41. The molecule has 0 bridgehead atoms. The Labute approximate surface area is 145 Å². The van der Waals surface area contributed by atoms with E-state index >= 15 is 0 Å². The fourth-order valence-corrected chi connectivity index (χ4v) is 3.42. The van der Waals surface area contributed by atoms with E-state index in [1.54, 1.807) is 18.3 Å². The molecule has 0 spiro atoms. The second-order valence-electron chi connectivity index (χ2n) is 5.25. The van der Waals surface area contributed by atoms with Gasteiger partial charge in [0.15, 0.2) is 6.10 Å². The van der Waals surface area contributed by atoms with Crippen LogP contribution in [-0.4, -0.2) is 23.7 Å². The first-order valence-corrected chi connectivity index (χ1v) is 8.82. The monoisotopic (exact) mass is 341 g/mol. The molecular weight excluding hydrogens is 322 g/mol. The Kier molecular flexibility index (Phi) is 5.11. The van der Waals surface area contributed by atoms with Gasteiger partial charge in [0.2, 0.25) is 0 Å². The number of hydrogen-bond donors (Lipinski definition) is 0. The van der Waals surface area contributed by atoms with E-state index in [0.29, 0.717) is 18.8 Å². The minimum absolute atomic E-state index is 0.334. The molecule has 0 fully saturated rings. The van der Waals surface area contributed by atoms with Gasteiger partial charge in [-0.1, -0.05) is 31.2 Å². The Balaban J connectivity index is 1.94. The Morgan fingerprint density at radius 2 is 1.88 bits per heavy atom. The molecule has 0 radical (unpaired) electrons. The van der Waals surface area contributed by atoms with Gasteiger partial charge in [-0.25, -0.2) is 9.78 Å². The molecule has 24 heavy (non-hydrogen) atoms. The average molecular weight is 341 g/mol. The summed E-state index contributed by atoms with van der Waals surface area (Å²) in [6.07, 6.45) is -0.0620. The lowest BCUT2D eigenvalue weighted by Crippen LogP contribution is -2.28. The normalized spacial score (nSPS) is 12.1. The first kappa shape index (κ1) is 16.5. The summed E-state index contributed by atoms with van der Waals surface area (Å²) >= 11 is 1.61. The largest absolute Gasteiger partial charge is 0.478 e. The molecule has 5 heteroatoms. The molecule has 4 nitrogen and oxygen atoms in total. The van der Waals surface area contributed by atoms with Crippen molar-refractivity contribution in [1.82, 2.24) is 4.98 Å². The SMILES string of the molecule is CCOC(=O)C(CC)Oc1ccccc1-c1nc2ccccc2s1. The molecule has 1 unspecified atom stereocenters. The van der Waals surface area contributed by atoms with Crippen LogP contribution in [0.5, 0.6) is 5.75 Å². The van der Waals surface area contributed by atoms with Crippen LogP contribution in [0, 0.1) is 0 Å². The smallest absolute Gasteiger partial charge is 0.347 e. The highest BCUT2D eigenvalue weighted by atomic mass is 32.1. The van der Waals surface area contributed by atoms with Gasteiger partial charge in [-0.15, -0.1) is 11.3 Å². The van der Waals surface area contributed by atoms with Crippen molar-refractivity contribution < 1.29 is 14.3 Å². The van der Waals surface area contributed by atoms with Crippen LogP contribution in [0.2, 0.25) is 0 Å². The van der Waals surface area contributed by atoms with Crippen LogP contribution in [0.4, 0.5) is 0 Å².